The van der Waals surface area contributed by atoms with Gasteiger partial charge in [-0.05, 0) is 30.2 Å². The molecule has 2 aromatic rings. The van der Waals surface area contributed by atoms with E-state index in [0.29, 0.717) is 36.4 Å². The molecule has 0 unspecified atom stereocenters. The minimum atomic E-state index is -0.909. The summed E-state index contributed by atoms with van der Waals surface area (Å²) in [5.41, 5.74) is 1.65. The first-order valence-electron chi connectivity index (χ1n) is 7.32. The van der Waals surface area contributed by atoms with Crippen LogP contribution in [0.5, 0.6) is 0 Å². The van der Waals surface area contributed by atoms with Gasteiger partial charge < -0.3 is 15.7 Å². The molecule has 2 aromatic carbocycles. The number of nitrogens with one attached hydrogen (secondary N) is 2. The van der Waals surface area contributed by atoms with Crippen molar-refractivity contribution in [2.45, 2.75) is 6.42 Å². The number of hydrogen-bond acceptors (Lipinski definition) is 5. The van der Waals surface area contributed by atoms with Crippen molar-refractivity contribution in [1.82, 2.24) is 0 Å². The molecule has 0 aliphatic carbocycles. The molecule has 2 rings (SSSR count). The third kappa shape index (κ3) is 4.63. The number of anilines is 2. The van der Waals surface area contributed by atoms with Crippen molar-refractivity contribution in [2.24, 2.45) is 0 Å². The molecular formula is C16H17F2N3O3. The largest absolute Gasteiger partial charge is 0.395 e. The molecule has 0 atom stereocenters. The summed E-state index contributed by atoms with van der Waals surface area (Å²) in [5, 5.41) is 25.7. The van der Waals surface area contributed by atoms with Crippen LogP contribution in [0.25, 0.3) is 0 Å². The van der Waals surface area contributed by atoms with Gasteiger partial charge in [0.15, 0.2) is 11.6 Å². The molecule has 0 bridgehead atoms. The number of nitro groups is 1. The van der Waals surface area contributed by atoms with E-state index >= 15 is 0 Å². The maximum Gasteiger partial charge on any atom is 0.271 e. The molecule has 0 saturated carbocycles. The zero-order valence-corrected chi connectivity index (χ0v) is 12.8. The summed E-state index contributed by atoms with van der Waals surface area (Å²) in [4.78, 5) is 10.4. The normalized spacial score (nSPS) is 10.5. The first-order valence-corrected chi connectivity index (χ1v) is 7.32. The molecule has 3 N–H and O–H groups in total. The Kier molecular flexibility index (Phi) is 6.02. The molecule has 0 radical (unpaired) electrons. The van der Waals surface area contributed by atoms with Crippen molar-refractivity contribution in [3.8, 4) is 0 Å². The van der Waals surface area contributed by atoms with E-state index in [4.69, 9.17) is 5.11 Å². The molecule has 0 aliphatic heterocycles. The average molecular weight is 337 g/mol. The molecule has 0 amide bonds. The van der Waals surface area contributed by atoms with Gasteiger partial charge in [0.1, 0.15) is 0 Å². The van der Waals surface area contributed by atoms with Gasteiger partial charge in [0.25, 0.3) is 5.69 Å². The summed E-state index contributed by atoms with van der Waals surface area (Å²) in [6.07, 6.45) is 0.416. The maximum atomic E-state index is 13.2. The second-order valence-electron chi connectivity index (χ2n) is 5.06. The van der Waals surface area contributed by atoms with E-state index in [1.807, 2.05) is 0 Å². The van der Waals surface area contributed by atoms with Crippen molar-refractivity contribution < 1.29 is 18.8 Å². The van der Waals surface area contributed by atoms with Gasteiger partial charge in [0.2, 0.25) is 0 Å². The van der Waals surface area contributed by atoms with Crippen LogP contribution in [0, 0.1) is 21.7 Å². The number of nitrogens with zero attached hydrogens (tertiary/aromatic N) is 1. The summed E-state index contributed by atoms with van der Waals surface area (Å²) < 4.78 is 26.1. The molecule has 8 heteroatoms. The lowest BCUT2D eigenvalue weighted by Crippen LogP contribution is -2.11. The number of hydrogen-bond donors (Lipinski definition) is 3. The second-order valence-corrected chi connectivity index (χ2v) is 5.06. The Morgan fingerprint density at radius 2 is 1.75 bits per heavy atom. The van der Waals surface area contributed by atoms with Crippen LogP contribution < -0.4 is 10.6 Å². The Hall–Kier alpha value is -2.74. The van der Waals surface area contributed by atoms with Crippen LogP contribution >= 0.6 is 0 Å². The molecule has 0 heterocycles. The van der Waals surface area contributed by atoms with E-state index in [9.17, 15) is 18.9 Å². The molecule has 0 aliphatic rings. The highest BCUT2D eigenvalue weighted by Gasteiger charge is 2.10. The van der Waals surface area contributed by atoms with Crippen LogP contribution in [-0.2, 0) is 6.42 Å². The van der Waals surface area contributed by atoms with Crippen molar-refractivity contribution in [1.29, 1.82) is 0 Å². The summed E-state index contributed by atoms with van der Waals surface area (Å²) in [6, 6.07) is 7.96. The predicted molar refractivity (Wildman–Crippen MR) is 87.2 cm³/mol. The van der Waals surface area contributed by atoms with Gasteiger partial charge in [0, 0.05) is 25.2 Å². The smallest absolute Gasteiger partial charge is 0.271 e. The lowest BCUT2D eigenvalue weighted by atomic mass is 10.1. The minimum absolute atomic E-state index is 0.0696. The van der Waals surface area contributed by atoms with E-state index in [0.717, 1.165) is 12.1 Å². The Labute approximate surface area is 137 Å². The number of nitro benzene ring substituents is 1. The van der Waals surface area contributed by atoms with Gasteiger partial charge in [-0.25, -0.2) is 8.78 Å². The zero-order chi connectivity index (χ0) is 17.5. The fourth-order valence-electron chi connectivity index (χ4n) is 2.17. The third-order valence-electron chi connectivity index (χ3n) is 3.35. The van der Waals surface area contributed by atoms with Crippen molar-refractivity contribution in [3.05, 3.63) is 63.7 Å². The highest BCUT2D eigenvalue weighted by Crippen LogP contribution is 2.27. The van der Waals surface area contributed by atoms with Crippen LogP contribution in [0.1, 0.15) is 5.56 Å². The van der Waals surface area contributed by atoms with Crippen molar-refractivity contribution >= 4 is 17.1 Å². The van der Waals surface area contributed by atoms with Crippen molar-refractivity contribution in [3.63, 3.8) is 0 Å². The van der Waals surface area contributed by atoms with Crippen molar-refractivity contribution in [2.75, 3.05) is 30.3 Å². The number of rotatable bonds is 8. The molecule has 6 nitrogen and oxygen atoms in total. The van der Waals surface area contributed by atoms with Crippen LogP contribution in [0.3, 0.4) is 0 Å². The zero-order valence-electron chi connectivity index (χ0n) is 12.8. The number of aliphatic hydroxyl groups is 1. The fraction of sp³-hybridized carbons (Fsp3) is 0.250. The van der Waals surface area contributed by atoms with Crippen LogP contribution in [0.2, 0.25) is 0 Å². The fourth-order valence-corrected chi connectivity index (χ4v) is 2.17. The van der Waals surface area contributed by atoms with E-state index in [2.05, 4.69) is 10.6 Å². The third-order valence-corrected chi connectivity index (χ3v) is 3.35. The van der Waals surface area contributed by atoms with Crippen LogP contribution in [0.15, 0.2) is 36.4 Å². The van der Waals surface area contributed by atoms with Crippen LogP contribution in [0.4, 0.5) is 25.8 Å². The SMILES string of the molecule is O=[N+]([O-])c1ccc(NCCO)c(NCCc2ccc(F)c(F)c2)c1. The molecule has 24 heavy (non-hydrogen) atoms. The maximum absolute atomic E-state index is 13.2. The molecule has 0 saturated heterocycles. The first kappa shape index (κ1) is 17.6. The van der Waals surface area contributed by atoms with Gasteiger partial charge in [-0.1, -0.05) is 6.07 Å². The number of halogens is 2. The van der Waals surface area contributed by atoms with Gasteiger partial charge in [-0.2, -0.15) is 0 Å². The predicted octanol–water partition coefficient (Wildman–Crippen LogP) is 2.93. The first-order chi connectivity index (χ1) is 11.5. The topological polar surface area (TPSA) is 87.4 Å². The highest BCUT2D eigenvalue weighted by molar-refractivity contribution is 5.72. The highest BCUT2D eigenvalue weighted by atomic mass is 19.2. The number of aliphatic hydroxyl groups excluding tert-OH is 1. The van der Waals surface area contributed by atoms with E-state index < -0.39 is 16.6 Å². The molecule has 0 fully saturated rings. The van der Waals surface area contributed by atoms with Crippen LogP contribution in [-0.4, -0.2) is 29.7 Å². The van der Waals surface area contributed by atoms with Gasteiger partial charge in [0.05, 0.1) is 22.9 Å². The van der Waals surface area contributed by atoms with Gasteiger partial charge in [-0.15, -0.1) is 0 Å². The summed E-state index contributed by atoms with van der Waals surface area (Å²) >= 11 is 0. The molecule has 128 valence electrons. The lowest BCUT2D eigenvalue weighted by Gasteiger charge is -2.13. The summed E-state index contributed by atoms with van der Waals surface area (Å²) in [6.45, 7) is 0.598. The Balaban J connectivity index is 2.07. The molecule has 0 aromatic heterocycles. The van der Waals surface area contributed by atoms with E-state index in [-0.39, 0.29) is 12.3 Å². The Morgan fingerprint density at radius 3 is 2.42 bits per heavy atom. The van der Waals surface area contributed by atoms with E-state index in [1.54, 1.807) is 6.07 Å². The molecule has 0 spiro atoms. The van der Waals surface area contributed by atoms with Gasteiger partial charge in [-0.3, -0.25) is 10.1 Å². The average Bonchev–Trinajstić information content (AvgIpc) is 2.56. The second kappa shape index (κ2) is 8.21. The van der Waals surface area contributed by atoms with Gasteiger partial charge >= 0.3 is 0 Å². The summed E-state index contributed by atoms with van der Waals surface area (Å²) in [5.74, 6) is -1.81. The lowest BCUT2D eigenvalue weighted by molar-refractivity contribution is -0.384. The standard InChI is InChI=1S/C16H17F2N3O3/c17-13-3-1-11(9-14(13)18)5-6-19-16-10-12(21(23)24)2-4-15(16)20-7-8-22/h1-4,9-10,19-20,22H,5-8H2. The minimum Gasteiger partial charge on any atom is -0.395 e. The number of benzene rings is 2. The summed E-state index contributed by atoms with van der Waals surface area (Å²) in [7, 11) is 0. The molecular weight excluding hydrogens is 320 g/mol. The number of non-ortho nitro benzene ring substituents is 1. The quantitative estimate of drug-likeness (QED) is 0.509. The van der Waals surface area contributed by atoms with E-state index in [1.165, 1.54) is 18.2 Å². The Morgan fingerprint density at radius 1 is 1.00 bits per heavy atom. The Bertz CT molecular complexity index is 726. The monoisotopic (exact) mass is 337 g/mol.